The van der Waals surface area contributed by atoms with Gasteiger partial charge in [0.1, 0.15) is 5.75 Å². The molecule has 3 rings (SSSR count). The zero-order chi connectivity index (χ0) is 16.9. The molecular formula is C18H16N2O4. The molecule has 1 heterocycles. The Morgan fingerprint density at radius 2 is 1.75 bits per heavy atom. The molecule has 122 valence electrons. The molecule has 0 fully saturated rings. The van der Waals surface area contributed by atoms with Gasteiger partial charge in [-0.1, -0.05) is 12.1 Å². The number of aromatic carboxylic acids is 1. The number of aromatic nitrogens is 2. The molecule has 0 amide bonds. The van der Waals surface area contributed by atoms with Gasteiger partial charge in [0.15, 0.2) is 0 Å². The Balaban J connectivity index is 1.78. The van der Waals surface area contributed by atoms with E-state index in [9.17, 15) is 4.79 Å². The normalized spacial score (nSPS) is 10.5. The van der Waals surface area contributed by atoms with Gasteiger partial charge in [0.2, 0.25) is 5.82 Å². The average Bonchev–Trinajstić information content (AvgIpc) is 3.10. The maximum atomic E-state index is 10.9. The average molecular weight is 324 g/mol. The summed E-state index contributed by atoms with van der Waals surface area (Å²) in [6, 6.07) is 13.7. The summed E-state index contributed by atoms with van der Waals surface area (Å²) >= 11 is 0. The molecule has 3 aromatic rings. The molecule has 0 bridgehead atoms. The Morgan fingerprint density at radius 1 is 1.08 bits per heavy atom. The van der Waals surface area contributed by atoms with Crippen LogP contribution < -0.4 is 4.74 Å². The highest BCUT2D eigenvalue weighted by molar-refractivity contribution is 5.88. The summed E-state index contributed by atoms with van der Waals surface area (Å²) in [5.74, 6) is 0.634. The lowest BCUT2D eigenvalue weighted by Crippen LogP contribution is -1.95. The minimum Gasteiger partial charge on any atom is -0.494 e. The second-order valence-corrected chi connectivity index (χ2v) is 5.18. The van der Waals surface area contributed by atoms with Gasteiger partial charge in [-0.25, -0.2) is 4.79 Å². The minimum absolute atomic E-state index is 0.209. The van der Waals surface area contributed by atoms with Crippen LogP contribution in [0.3, 0.4) is 0 Å². The number of hydrogen-bond donors (Lipinski definition) is 1. The van der Waals surface area contributed by atoms with Gasteiger partial charge in [-0.3, -0.25) is 0 Å². The molecule has 1 aromatic heterocycles. The minimum atomic E-state index is -0.974. The topological polar surface area (TPSA) is 85.5 Å². The van der Waals surface area contributed by atoms with Crippen LogP contribution in [0.4, 0.5) is 0 Å². The van der Waals surface area contributed by atoms with Gasteiger partial charge in [0, 0.05) is 11.1 Å². The maximum Gasteiger partial charge on any atom is 0.335 e. The van der Waals surface area contributed by atoms with E-state index in [1.165, 1.54) is 12.1 Å². The second-order valence-electron chi connectivity index (χ2n) is 5.18. The van der Waals surface area contributed by atoms with Gasteiger partial charge in [0.05, 0.1) is 12.2 Å². The Hall–Kier alpha value is -3.15. The number of hydrogen-bond acceptors (Lipinski definition) is 5. The van der Waals surface area contributed by atoms with Crippen molar-refractivity contribution in [3.05, 3.63) is 54.1 Å². The monoisotopic (exact) mass is 324 g/mol. The van der Waals surface area contributed by atoms with Crippen LogP contribution in [0.25, 0.3) is 22.8 Å². The summed E-state index contributed by atoms with van der Waals surface area (Å²) < 4.78 is 10.8. The number of nitrogens with zero attached hydrogens (tertiary/aromatic N) is 2. The van der Waals surface area contributed by atoms with Crippen LogP contribution in [0.15, 0.2) is 53.1 Å². The van der Waals surface area contributed by atoms with Crippen LogP contribution in [0.2, 0.25) is 0 Å². The summed E-state index contributed by atoms with van der Waals surface area (Å²) in [6.45, 7) is 2.73. The van der Waals surface area contributed by atoms with E-state index in [4.69, 9.17) is 14.4 Å². The fourth-order valence-electron chi connectivity index (χ4n) is 2.13. The van der Waals surface area contributed by atoms with Crippen LogP contribution in [-0.4, -0.2) is 27.8 Å². The molecular weight excluding hydrogens is 308 g/mol. The zero-order valence-electron chi connectivity index (χ0n) is 13.1. The van der Waals surface area contributed by atoms with Crippen LogP contribution >= 0.6 is 0 Å². The molecule has 1 N–H and O–H groups in total. The smallest absolute Gasteiger partial charge is 0.335 e. The molecule has 2 aromatic carbocycles. The van der Waals surface area contributed by atoms with Gasteiger partial charge in [0.25, 0.3) is 5.89 Å². The third kappa shape index (κ3) is 3.43. The molecule has 0 aliphatic carbocycles. The van der Waals surface area contributed by atoms with E-state index in [1.54, 1.807) is 12.1 Å². The van der Waals surface area contributed by atoms with E-state index in [0.717, 1.165) is 17.7 Å². The van der Waals surface area contributed by atoms with Gasteiger partial charge < -0.3 is 14.4 Å². The number of carboxylic acids is 1. The van der Waals surface area contributed by atoms with Crippen molar-refractivity contribution in [3.63, 3.8) is 0 Å². The Bertz CT molecular complexity index is 823. The lowest BCUT2D eigenvalue weighted by molar-refractivity contribution is 0.0697. The number of carboxylic acid groups (broad SMARTS) is 1. The molecule has 0 saturated heterocycles. The van der Waals surface area contributed by atoms with Gasteiger partial charge in [-0.2, -0.15) is 4.98 Å². The highest BCUT2D eigenvalue weighted by atomic mass is 16.5. The van der Waals surface area contributed by atoms with Gasteiger partial charge in [-0.05, 0) is 55.0 Å². The van der Waals surface area contributed by atoms with Gasteiger partial charge >= 0.3 is 5.97 Å². The molecule has 0 atom stereocenters. The fourth-order valence-corrected chi connectivity index (χ4v) is 2.13. The van der Waals surface area contributed by atoms with Crippen molar-refractivity contribution in [2.45, 2.75) is 13.3 Å². The largest absolute Gasteiger partial charge is 0.494 e. The number of ether oxygens (including phenoxy) is 1. The Morgan fingerprint density at radius 3 is 2.38 bits per heavy atom. The predicted octanol–water partition coefficient (Wildman–Crippen LogP) is 3.89. The molecule has 0 spiro atoms. The molecule has 0 unspecified atom stereocenters. The highest BCUT2D eigenvalue weighted by Crippen LogP contribution is 2.24. The third-order valence-corrected chi connectivity index (χ3v) is 3.39. The SMILES string of the molecule is CCCOc1ccc(-c2noc(-c3ccc(C(=O)O)cc3)n2)cc1. The van der Waals surface area contributed by atoms with E-state index >= 15 is 0 Å². The number of rotatable bonds is 6. The third-order valence-electron chi connectivity index (χ3n) is 3.39. The standard InChI is InChI=1S/C18H16N2O4/c1-2-11-23-15-9-7-12(8-10-15)16-19-17(24-20-16)13-3-5-14(6-4-13)18(21)22/h3-10H,2,11H2,1H3,(H,21,22). The van der Waals surface area contributed by atoms with Crippen molar-refractivity contribution in [1.29, 1.82) is 0 Å². The second kappa shape index (κ2) is 6.95. The first-order chi connectivity index (χ1) is 11.7. The van der Waals surface area contributed by atoms with Crippen molar-refractivity contribution >= 4 is 5.97 Å². The molecule has 24 heavy (non-hydrogen) atoms. The first kappa shape index (κ1) is 15.7. The summed E-state index contributed by atoms with van der Waals surface area (Å²) in [7, 11) is 0. The number of carbonyl (C=O) groups is 1. The first-order valence-corrected chi connectivity index (χ1v) is 7.58. The van der Waals surface area contributed by atoms with E-state index in [0.29, 0.717) is 23.9 Å². The predicted molar refractivity (Wildman–Crippen MR) is 87.9 cm³/mol. The summed E-state index contributed by atoms with van der Waals surface area (Å²) in [6.07, 6.45) is 0.955. The number of benzene rings is 2. The zero-order valence-corrected chi connectivity index (χ0v) is 13.1. The Kier molecular flexibility index (Phi) is 4.56. The van der Waals surface area contributed by atoms with Crippen LogP contribution in [0.5, 0.6) is 5.75 Å². The summed E-state index contributed by atoms with van der Waals surface area (Å²) in [5, 5.41) is 12.9. The van der Waals surface area contributed by atoms with E-state index in [1.807, 2.05) is 24.3 Å². The van der Waals surface area contributed by atoms with Gasteiger partial charge in [-0.15, -0.1) is 0 Å². The molecule has 6 nitrogen and oxygen atoms in total. The molecule has 6 heteroatoms. The van der Waals surface area contributed by atoms with E-state index in [-0.39, 0.29) is 5.56 Å². The van der Waals surface area contributed by atoms with Crippen molar-refractivity contribution < 1.29 is 19.2 Å². The van der Waals surface area contributed by atoms with Crippen LogP contribution in [0, 0.1) is 0 Å². The fraction of sp³-hybridized carbons (Fsp3) is 0.167. The maximum absolute atomic E-state index is 10.9. The van der Waals surface area contributed by atoms with Crippen LogP contribution in [0.1, 0.15) is 23.7 Å². The highest BCUT2D eigenvalue weighted by Gasteiger charge is 2.11. The first-order valence-electron chi connectivity index (χ1n) is 7.58. The Labute approximate surface area is 138 Å². The van der Waals surface area contributed by atoms with E-state index in [2.05, 4.69) is 17.1 Å². The molecule has 0 radical (unpaired) electrons. The van der Waals surface area contributed by atoms with Crippen molar-refractivity contribution in [3.8, 4) is 28.6 Å². The van der Waals surface area contributed by atoms with Crippen molar-refractivity contribution in [1.82, 2.24) is 10.1 Å². The quantitative estimate of drug-likeness (QED) is 0.740. The van der Waals surface area contributed by atoms with Crippen molar-refractivity contribution in [2.75, 3.05) is 6.61 Å². The molecule has 0 aliphatic heterocycles. The molecule has 0 aliphatic rings. The lowest BCUT2D eigenvalue weighted by atomic mass is 10.1. The summed E-state index contributed by atoms with van der Waals surface area (Å²) in [5.41, 5.74) is 1.69. The van der Waals surface area contributed by atoms with E-state index < -0.39 is 5.97 Å². The molecule has 0 saturated carbocycles. The van der Waals surface area contributed by atoms with Crippen LogP contribution in [-0.2, 0) is 0 Å². The van der Waals surface area contributed by atoms with Crippen molar-refractivity contribution in [2.24, 2.45) is 0 Å². The lowest BCUT2D eigenvalue weighted by Gasteiger charge is -2.03. The summed E-state index contributed by atoms with van der Waals surface area (Å²) in [4.78, 5) is 15.2.